The van der Waals surface area contributed by atoms with Crippen LogP contribution in [-0.4, -0.2) is 72.2 Å². The number of hydrogen-bond acceptors (Lipinski definition) is 10. The van der Waals surface area contributed by atoms with Crippen LogP contribution in [0.5, 0.6) is 0 Å². The molecule has 10 nitrogen and oxygen atoms in total. The van der Waals surface area contributed by atoms with Crippen LogP contribution in [0, 0.1) is 5.92 Å². The summed E-state index contributed by atoms with van der Waals surface area (Å²) in [6.45, 7) is 9.77. The van der Waals surface area contributed by atoms with Gasteiger partial charge in [0.05, 0.1) is 30.8 Å². The second-order valence-corrected chi connectivity index (χ2v) is 8.50. The summed E-state index contributed by atoms with van der Waals surface area (Å²) >= 11 is 0. The molecular formula is C23H28O10. The fourth-order valence-electron chi connectivity index (χ4n) is 3.96. The van der Waals surface area contributed by atoms with Crippen molar-refractivity contribution in [2.75, 3.05) is 7.11 Å². The summed E-state index contributed by atoms with van der Waals surface area (Å²) in [6.07, 6.45) is -2.39. The molecule has 0 saturated carbocycles. The molecule has 3 aliphatic rings. The number of fused-ring (bicyclic) bond motifs is 1. The van der Waals surface area contributed by atoms with Crippen LogP contribution in [0.2, 0.25) is 0 Å². The quantitative estimate of drug-likeness (QED) is 0.210. The Morgan fingerprint density at radius 3 is 2.45 bits per heavy atom. The fourth-order valence-corrected chi connectivity index (χ4v) is 3.96. The van der Waals surface area contributed by atoms with Crippen LogP contribution >= 0.6 is 0 Å². The number of rotatable bonds is 4. The molecule has 3 rings (SSSR count). The molecule has 0 aromatic carbocycles. The number of carbonyl (C=O) groups excluding carboxylic acids is 4. The zero-order chi connectivity index (χ0) is 24.7. The van der Waals surface area contributed by atoms with Crippen molar-refractivity contribution in [1.29, 1.82) is 0 Å². The molecule has 0 bridgehead atoms. The number of hydrogen-bond donors (Lipinski definition) is 1. The summed E-state index contributed by atoms with van der Waals surface area (Å²) in [7, 11) is 1.14. The lowest BCUT2D eigenvalue weighted by molar-refractivity contribution is -0.173. The highest BCUT2D eigenvalue weighted by molar-refractivity contribution is 5.93. The lowest BCUT2D eigenvalue weighted by Crippen LogP contribution is -2.48. The Morgan fingerprint density at radius 2 is 1.91 bits per heavy atom. The number of aliphatic hydroxyl groups is 1. The van der Waals surface area contributed by atoms with E-state index in [1.165, 1.54) is 12.2 Å². The van der Waals surface area contributed by atoms with Gasteiger partial charge in [0.15, 0.2) is 17.8 Å². The van der Waals surface area contributed by atoms with Gasteiger partial charge in [-0.1, -0.05) is 12.7 Å². The smallest absolute Gasteiger partial charge is 0.341 e. The zero-order valence-electron chi connectivity index (χ0n) is 19.2. The predicted octanol–water partition coefficient (Wildman–Crippen LogP) is 0.915. The van der Waals surface area contributed by atoms with Crippen LogP contribution in [0.4, 0.5) is 0 Å². The van der Waals surface area contributed by atoms with E-state index in [1.807, 2.05) is 0 Å². The van der Waals surface area contributed by atoms with Crippen LogP contribution < -0.4 is 0 Å². The first-order chi connectivity index (χ1) is 15.4. The van der Waals surface area contributed by atoms with Gasteiger partial charge in [-0.15, -0.1) is 0 Å². The van der Waals surface area contributed by atoms with Crippen molar-refractivity contribution in [2.24, 2.45) is 5.92 Å². The Labute approximate surface area is 191 Å². The molecule has 2 heterocycles. The van der Waals surface area contributed by atoms with Crippen molar-refractivity contribution >= 4 is 23.9 Å². The van der Waals surface area contributed by atoms with Gasteiger partial charge in [-0.2, -0.15) is 0 Å². The second kappa shape index (κ2) is 9.11. The van der Waals surface area contributed by atoms with E-state index in [0.29, 0.717) is 5.57 Å². The third kappa shape index (κ3) is 4.72. The first-order valence-corrected chi connectivity index (χ1v) is 10.5. The molecule has 0 spiro atoms. The normalized spacial score (nSPS) is 35.9. The van der Waals surface area contributed by atoms with Crippen LogP contribution in [0.3, 0.4) is 0 Å². The summed E-state index contributed by atoms with van der Waals surface area (Å²) in [5, 5.41) is 10.5. The minimum absolute atomic E-state index is 0.0324. The minimum atomic E-state index is -1.46. The molecule has 7 atom stereocenters. The zero-order valence-corrected chi connectivity index (χ0v) is 19.2. The van der Waals surface area contributed by atoms with E-state index in [4.69, 9.17) is 23.7 Å². The van der Waals surface area contributed by atoms with Crippen molar-refractivity contribution in [3.05, 3.63) is 35.5 Å². The molecule has 0 aromatic rings. The van der Waals surface area contributed by atoms with Crippen molar-refractivity contribution < 1.29 is 48.0 Å². The molecule has 0 aromatic heterocycles. The number of epoxide rings is 1. The predicted molar refractivity (Wildman–Crippen MR) is 111 cm³/mol. The molecular weight excluding hydrogens is 436 g/mol. The molecule has 7 unspecified atom stereocenters. The van der Waals surface area contributed by atoms with Gasteiger partial charge >= 0.3 is 23.9 Å². The van der Waals surface area contributed by atoms with E-state index < -0.39 is 65.9 Å². The maximum atomic E-state index is 13.0. The van der Waals surface area contributed by atoms with Gasteiger partial charge in [0.25, 0.3) is 0 Å². The van der Waals surface area contributed by atoms with Crippen LogP contribution in [0.25, 0.3) is 0 Å². The number of ether oxygens (including phenoxy) is 5. The molecule has 10 heteroatoms. The van der Waals surface area contributed by atoms with Crippen molar-refractivity contribution in [3.63, 3.8) is 0 Å². The summed E-state index contributed by atoms with van der Waals surface area (Å²) in [6, 6.07) is 0. The number of aliphatic hydroxyl groups excluding tert-OH is 1. The molecule has 180 valence electrons. The Balaban J connectivity index is 2.17. The van der Waals surface area contributed by atoms with Gasteiger partial charge in [0.2, 0.25) is 0 Å². The van der Waals surface area contributed by atoms with Crippen LogP contribution in [-0.2, 0) is 42.9 Å². The van der Waals surface area contributed by atoms with Crippen LogP contribution in [0.1, 0.15) is 34.1 Å². The van der Waals surface area contributed by atoms with Gasteiger partial charge in [-0.3, -0.25) is 4.79 Å². The molecule has 0 radical (unpaired) electrons. The van der Waals surface area contributed by atoms with Gasteiger partial charge in [0.1, 0.15) is 6.10 Å². The Hall–Kier alpha value is -2.98. The highest BCUT2D eigenvalue weighted by Crippen LogP contribution is 2.41. The molecule has 33 heavy (non-hydrogen) atoms. The highest BCUT2D eigenvalue weighted by atomic mass is 16.7. The van der Waals surface area contributed by atoms with Crippen molar-refractivity contribution in [3.8, 4) is 0 Å². The molecule has 1 aliphatic carbocycles. The van der Waals surface area contributed by atoms with E-state index in [1.54, 1.807) is 20.8 Å². The first-order valence-electron chi connectivity index (χ1n) is 10.5. The maximum absolute atomic E-state index is 13.0. The lowest BCUT2D eigenvalue weighted by Gasteiger charge is -2.34. The Kier molecular flexibility index (Phi) is 6.80. The number of methoxy groups -OCH3 is 1. The summed E-state index contributed by atoms with van der Waals surface area (Å²) in [4.78, 5) is 50.1. The van der Waals surface area contributed by atoms with E-state index in [9.17, 15) is 24.3 Å². The third-order valence-electron chi connectivity index (χ3n) is 6.24. The second-order valence-electron chi connectivity index (χ2n) is 8.50. The molecule has 2 saturated heterocycles. The first kappa shape index (κ1) is 24.7. The Bertz CT molecular complexity index is 947. The topological polar surface area (TPSA) is 138 Å². The maximum Gasteiger partial charge on any atom is 0.341 e. The lowest BCUT2D eigenvalue weighted by atomic mass is 9.83. The minimum Gasteiger partial charge on any atom is -0.466 e. The fraction of sp³-hybridized carbons (Fsp3) is 0.565. The van der Waals surface area contributed by atoms with Crippen molar-refractivity contribution in [1.82, 2.24) is 0 Å². The van der Waals surface area contributed by atoms with Gasteiger partial charge < -0.3 is 28.8 Å². The van der Waals surface area contributed by atoms with Gasteiger partial charge in [0, 0.05) is 12.5 Å². The van der Waals surface area contributed by atoms with E-state index >= 15 is 0 Å². The largest absolute Gasteiger partial charge is 0.466 e. The average molecular weight is 464 g/mol. The molecule has 2 aliphatic heterocycles. The third-order valence-corrected chi connectivity index (χ3v) is 6.24. The number of esters is 4. The van der Waals surface area contributed by atoms with Crippen molar-refractivity contribution in [2.45, 2.75) is 70.2 Å². The van der Waals surface area contributed by atoms with Crippen LogP contribution in [0.15, 0.2) is 35.5 Å². The molecule has 2 fully saturated rings. The Morgan fingerprint density at radius 1 is 1.27 bits per heavy atom. The van der Waals surface area contributed by atoms with E-state index in [2.05, 4.69) is 6.58 Å². The van der Waals surface area contributed by atoms with Gasteiger partial charge in [-0.05, 0) is 38.8 Å². The standard InChI is InChI=1S/C23H28O10/c1-10-9-16-17(11(2)20(26)31-16)19(32-22(28)23(5)12(3)33-23)18(30-13(4)24)14(21(27)29-6)7-8-15(10)25/h7,9,12,15-19,25H,2,8H2,1,3-6H3. The SMILES string of the molecule is C=C1C(=O)OC2C=C(C)C(O)CC=C(C(=O)OC)C(OC(C)=O)C(OC(=O)C3(C)OC3C)C12. The monoisotopic (exact) mass is 464 g/mol. The molecule has 0 amide bonds. The average Bonchev–Trinajstić information content (AvgIpc) is 3.28. The summed E-state index contributed by atoms with van der Waals surface area (Å²) in [5.41, 5.74) is -0.948. The van der Waals surface area contributed by atoms with Gasteiger partial charge in [-0.25, -0.2) is 14.4 Å². The number of carbonyl (C=O) groups is 4. The summed E-state index contributed by atoms with van der Waals surface area (Å²) in [5.74, 6) is -4.14. The summed E-state index contributed by atoms with van der Waals surface area (Å²) < 4.78 is 26.9. The van der Waals surface area contributed by atoms with E-state index in [-0.39, 0.29) is 17.6 Å². The highest BCUT2D eigenvalue weighted by Gasteiger charge is 2.59. The molecule has 1 N–H and O–H groups in total. The van der Waals surface area contributed by atoms with E-state index in [0.717, 1.165) is 14.0 Å².